The van der Waals surface area contributed by atoms with Crippen molar-refractivity contribution < 1.29 is 9.59 Å². The second-order valence-electron chi connectivity index (χ2n) is 4.90. The van der Waals surface area contributed by atoms with Gasteiger partial charge in [-0.05, 0) is 26.7 Å². The van der Waals surface area contributed by atoms with Gasteiger partial charge in [-0.1, -0.05) is 0 Å². The molecule has 0 aromatic heterocycles. The minimum atomic E-state index is -0.820. The molecule has 1 aliphatic rings. The van der Waals surface area contributed by atoms with Crippen molar-refractivity contribution in [2.75, 3.05) is 20.1 Å². The third-order valence-corrected chi connectivity index (χ3v) is 2.95. The molecule has 0 radical (unpaired) electrons. The van der Waals surface area contributed by atoms with Gasteiger partial charge >= 0.3 is 0 Å². The van der Waals surface area contributed by atoms with E-state index in [1.165, 1.54) is 0 Å². The van der Waals surface area contributed by atoms with Gasteiger partial charge in [0.2, 0.25) is 11.8 Å². The monoisotopic (exact) mass is 227 g/mol. The summed E-state index contributed by atoms with van der Waals surface area (Å²) in [6.45, 7) is 4.66. The lowest BCUT2D eigenvalue weighted by molar-refractivity contribution is -0.139. The van der Waals surface area contributed by atoms with Crippen molar-refractivity contribution in [1.82, 2.24) is 10.2 Å². The molecule has 1 rings (SSSR count). The van der Waals surface area contributed by atoms with Gasteiger partial charge in [0.05, 0.1) is 5.54 Å². The van der Waals surface area contributed by atoms with E-state index in [-0.39, 0.29) is 17.7 Å². The summed E-state index contributed by atoms with van der Waals surface area (Å²) in [6.07, 6.45) is 1.45. The van der Waals surface area contributed by atoms with Crippen LogP contribution >= 0.6 is 0 Å². The zero-order valence-corrected chi connectivity index (χ0v) is 10.2. The number of carbonyl (C=O) groups excluding carboxylic acids is 2. The molecule has 0 atom stereocenters. The van der Waals surface area contributed by atoms with Crippen LogP contribution < -0.4 is 11.1 Å². The van der Waals surface area contributed by atoms with Gasteiger partial charge in [0.25, 0.3) is 0 Å². The molecule has 1 fully saturated rings. The Kier molecular flexibility index (Phi) is 3.91. The Bertz CT molecular complexity index is 275. The zero-order chi connectivity index (χ0) is 12.3. The van der Waals surface area contributed by atoms with E-state index in [1.807, 2.05) is 0 Å². The fourth-order valence-electron chi connectivity index (χ4n) is 1.96. The minimum Gasteiger partial charge on any atom is -0.359 e. The number of hydrogen-bond donors (Lipinski definition) is 2. The Morgan fingerprint density at radius 2 is 1.81 bits per heavy atom. The van der Waals surface area contributed by atoms with E-state index in [2.05, 4.69) is 5.32 Å². The van der Waals surface area contributed by atoms with E-state index in [1.54, 1.807) is 25.8 Å². The van der Waals surface area contributed by atoms with E-state index in [0.29, 0.717) is 13.1 Å². The van der Waals surface area contributed by atoms with Gasteiger partial charge in [0.15, 0.2) is 0 Å². The topological polar surface area (TPSA) is 75.4 Å². The normalized spacial score (nSPS) is 18.4. The van der Waals surface area contributed by atoms with Gasteiger partial charge in [-0.15, -0.1) is 0 Å². The van der Waals surface area contributed by atoms with E-state index in [4.69, 9.17) is 5.73 Å². The number of nitrogens with two attached hydrogens (primary N) is 1. The molecule has 0 unspecified atom stereocenters. The van der Waals surface area contributed by atoms with Crippen LogP contribution in [0.2, 0.25) is 0 Å². The lowest BCUT2D eigenvalue weighted by Crippen LogP contribution is -2.53. The molecule has 5 heteroatoms. The highest BCUT2D eigenvalue weighted by molar-refractivity contribution is 5.85. The highest BCUT2D eigenvalue weighted by Gasteiger charge is 2.32. The van der Waals surface area contributed by atoms with Crippen molar-refractivity contribution in [3.8, 4) is 0 Å². The molecule has 1 aliphatic heterocycles. The van der Waals surface area contributed by atoms with Crippen molar-refractivity contribution in [1.29, 1.82) is 0 Å². The van der Waals surface area contributed by atoms with Crippen molar-refractivity contribution in [3.63, 3.8) is 0 Å². The summed E-state index contributed by atoms with van der Waals surface area (Å²) in [5.41, 5.74) is 4.94. The Morgan fingerprint density at radius 3 is 2.19 bits per heavy atom. The van der Waals surface area contributed by atoms with Crippen LogP contribution in [0.4, 0.5) is 0 Å². The molecule has 5 nitrogen and oxygen atoms in total. The standard InChI is InChI=1S/C11H21N3O2/c1-11(2,12)10(16)14-6-4-8(5-7-14)9(15)13-3/h8H,4-7,12H2,1-3H3,(H,13,15). The van der Waals surface area contributed by atoms with Gasteiger partial charge < -0.3 is 16.0 Å². The number of piperidine rings is 1. The highest BCUT2D eigenvalue weighted by atomic mass is 16.2. The number of nitrogens with zero attached hydrogens (tertiary/aromatic N) is 1. The average Bonchev–Trinajstić information content (AvgIpc) is 2.26. The average molecular weight is 227 g/mol. The molecule has 2 amide bonds. The van der Waals surface area contributed by atoms with Gasteiger partial charge in [-0.3, -0.25) is 9.59 Å². The molecule has 0 aromatic carbocycles. The molecule has 1 saturated heterocycles. The van der Waals surface area contributed by atoms with E-state index in [9.17, 15) is 9.59 Å². The number of likely N-dealkylation sites (tertiary alicyclic amines) is 1. The first kappa shape index (κ1) is 13.0. The van der Waals surface area contributed by atoms with Crippen LogP contribution in [0.3, 0.4) is 0 Å². The quantitative estimate of drug-likeness (QED) is 0.680. The van der Waals surface area contributed by atoms with E-state index < -0.39 is 5.54 Å². The number of rotatable bonds is 2. The van der Waals surface area contributed by atoms with Crippen LogP contribution in [0.25, 0.3) is 0 Å². The molecule has 92 valence electrons. The fraction of sp³-hybridized carbons (Fsp3) is 0.818. The SMILES string of the molecule is CNC(=O)C1CCN(C(=O)C(C)(C)N)CC1. The van der Waals surface area contributed by atoms with Crippen LogP contribution in [0.1, 0.15) is 26.7 Å². The largest absolute Gasteiger partial charge is 0.359 e. The van der Waals surface area contributed by atoms with Gasteiger partial charge in [-0.25, -0.2) is 0 Å². The number of nitrogens with one attached hydrogen (secondary N) is 1. The summed E-state index contributed by atoms with van der Waals surface area (Å²) in [5.74, 6) is 0.0666. The maximum absolute atomic E-state index is 11.9. The lowest BCUT2D eigenvalue weighted by Gasteiger charge is -2.34. The smallest absolute Gasteiger partial charge is 0.242 e. The summed E-state index contributed by atoms with van der Waals surface area (Å²) in [4.78, 5) is 25.0. The van der Waals surface area contributed by atoms with Crippen molar-refractivity contribution in [2.45, 2.75) is 32.2 Å². The molecule has 16 heavy (non-hydrogen) atoms. The summed E-state index contributed by atoms with van der Waals surface area (Å²) in [5, 5.41) is 2.64. The first-order valence-electron chi connectivity index (χ1n) is 5.66. The molecule has 1 heterocycles. The van der Waals surface area contributed by atoms with Crippen LogP contribution in [0.15, 0.2) is 0 Å². The maximum atomic E-state index is 11.9. The predicted molar refractivity (Wildman–Crippen MR) is 61.6 cm³/mol. The Balaban J connectivity index is 2.49. The van der Waals surface area contributed by atoms with Gasteiger partial charge in [0.1, 0.15) is 0 Å². The number of amides is 2. The van der Waals surface area contributed by atoms with E-state index >= 15 is 0 Å². The zero-order valence-electron chi connectivity index (χ0n) is 10.2. The predicted octanol–water partition coefficient (Wildman–Crippen LogP) is -0.292. The van der Waals surface area contributed by atoms with Crippen LogP contribution in [-0.4, -0.2) is 42.4 Å². The molecule has 0 spiro atoms. The third kappa shape index (κ3) is 2.95. The summed E-state index contributed by atoms with van der Waals surface area (Å²) in [7, 11) is 1.64. The first-order valence-corrected chi connectivity index (χ1v) is 5.66. The van der Waals surface area contributed by atoms with Crippen molar-refractivity contribution >= 4 is 11.8 Å². The Morgan fingerprint density at radius 1 is 1.31 bits per heavy atom. The molecule has 0 bridgehead atoms. The fourth-order valence-corrected chi connectivity index (χ4v) is 1.96. The van der Waals surface area contributed by atoms with E-state index in [0.717, 1.165) is 12.8 Å². The van der Waals surface area contributed by atoms with Gasteiger partial charge in [0, 0.05) is 26.1 Å². The molecule has 0 saturated carbocycles. The Labute approximate surface area is 96.4 Å². The van der Waals surface area contributed by atoms with Crippen molar-refractivity contribution in [3.05, 3.63) is 0 Å². The Hall–Kier alpha value is -1.10. The lowest BCUT2D eigenvalue weighted by atomic mass is 9.94. The van der Waals surface area contributed by atoms with Crippen LogP contribution in [0, 0.1) is 5.92 Å². The summed E-state index contributed by atoms with van der Waals surface area (Å²) >= 11 is 0. The number of hydrogen-bond acceptors (Lipinski definition) is 3. The third-order valence-electron chi connectivity index (χ3n) is 2.95. The summed E-state index contributed by atoms with van der Waals surface area (Å²) < 4.78 is 0. The second kappa shape index (κ2) is 4.82. The maximum Gasteiger partial charge on any atom is 0.242 e. The van der Waals surface area contributed by atoms with Crippen molar-refractivity contribution in [2.24, 2.45) is 11.7 Å². The molecule has 0 aliphatic carbocycles. The molecular formula is C11H21N3O2. The van der Waals surface area contributed by atoms with Crippen LogP contribution in [0.5, 0.6) is 0 Å². The summed E-state index contributed by atoms with van der Waals surface area (Å²) in [6, 6.07) is 0. The molecular weight excluding hydrogens is 206 g/mol. The van der Waals surface area contributed by atoms with Gasteiger partial charge in [-0.2, -0.15) is 0 Å². The van der Waals surface area contributed by atoms with Crippen LogP contribution in [-0.2, 0) is 9.59 Å². The molecule has 3 N–H and O–H groups in total. The second-order valence-corrected chi connectivity index (χ2v) is 4.90. The highest BCUT2D eigenvalue weighted by Crippen LogP contribution is 2.19. The minimum absolute atomic E-state index is 0.0370. The molecule has 0 aromatic rings. The number of carbonyl (C=O) groups is 2. The first-order chi connectivity index (χ1) is 7.36.